The molecule has 5 nitrogen and oxygen atoms in total. The molecule has 2 aromatic rings. The number of benzene rings is 1. The number of nitrogens with one attached hydrogen (secondary N) is 2. The average Bonchev–Trinajstić information content (AvgIpc) is 2.53. The molecule has 2 rings (SSSR count). The molecule has 0 saturated heterocycles. The van der Waals surface area contributed by atoms with Crippen molar-refractivity contribution in [3.05, 3.63) is 42.2 Å². The van der Waals surface area contributed by atoms with Gasteiger partial charge in [0.05, 0.1) is 19.5 Å². The first-order valence-corrected chi connectivity index (χ1v) is 7.19. The van der Waals surface area contributed by atoms with E-state index in [1.165, 1.54) is 5.56 Å². The van der Waals surface area contributed by atoms with Crippen LogP contribution in [0.1, 0.15) is 31.9 Å². The molecule has 5 heteroatoms. The lowest BCUT2D eigenvalue weighted by atomic mass is 10.1. The van der Waals surface area contributed by atoms with Gasteiger partial charge in [-0.1, -0.05) is 19.1 Å². The minimum Gasteiger partial charge on any atom is -0.497 e. The molecular formula is C16H22N4O. The Morgan fingerprint density at radius 3 is 2.52 bits per heavy atom. The third-order valence-electron chi connectivity index (χ3n) is 3.17. The SMILES string of the molecule is CCCNc1cncc(NC(C)c2ccc(OC)cc2)n1. The number of rotatable bonds is 7. The molecule has 0 radical (unpaired) electrons. The van der Waals surface area contributed by atoms with Crippen molar-refractivity contribution in [2.24, 2.45) is 0 Å². The highest BCUT2D eigenvalue weighted by Crippen LogP contribution is 2.20. The number of ether oxygens (including phenoxy) is 1. The second-order valence-electron chi connectivity index (χ2n) is 4.86. The highest BCUT2D eigenvalue weighted by Gasteiger charge is 2.07. The fourth-order valence-corrected chi connectivity index (χ4v) is 1.97. The number of methoxy groups -OCH3 is 1. The van der Waals surface area contributed by atoms with Crippen LogP contribution in [0.5, 0.6) is 5.75 Å². The molecule has 1 aromatic heterocycles. The highest BCUT2D eigenvalue weighted by molar-refractivity contribution is 5.43. The van der Waals surface area contributed by atoms with Crippen LogP contribution in [0.3, 0.4) is 0 Å². The van der Waals surface area contributed by atoms with Gasteiger partial charge in [0.2, 0.25) is 0 Å². The van der Waals surface area contributed by atoms with Crippen molar-refractivity contribution in [3.63, 3.8) is 0 Å². The van der Waals surface area contributed by atoms with Crippen LogP contribution in [-0.2, 0) is 0 Å². The largest absolute Gasteiger partial charge is 0.497 e. The fraction of sp³-hybridized carbons (Fsp3) is 0.375. The molecule has 1 aromatic carbocycles. The van der Waals surface area contributed by atoms with E-state index < -0.39 is 0 Å². The van der Waals surface area contributed by atoms with Gasteiger partial charge in [-0.15, -0.1) is 0 Å². The highest BCUT2D eigenvalue weighted by atomic mass is 16.5. The molecule has 0 saturated carbocycles. The first-order valence-electron chi connectivity index (χ1n) is 7.19. The van der Waals surface area contributed by atoms with E-state index in [4.69, 9.17) is 4.74 Å². The second kappa shape index (κ2) is 7.47. The lowest BCUT2D eigenvalue weighted by Gasteiger charge is -2.15. The summed E-state index contributed by atoms with van der Waals surface area (Å²) >= 11 is 0. The third kappa shape index (κ3) is 4.34. The Labute approximate surface area is 125 Å². The summed E-state index contributed by atoms with van der Waals surface area (Å²) < 4.78 is 5.17. The summed E-state index contributed by atoms with van der Waals surface area (Å²) in [6, 6.07) is 8.15. The van der Waals surface area contributed by atoms with E-state index in [0.717, 1.165) is 30.4 Å². The molecule has 0 bridgehead atoms. The molecule has 0 aliphatic carbocycles. The van der Waals surface area contributed by atoms with Crippen molar-refractivity contribution in [3.8, 4) is 5.75 Å². The normalized spacial score (nSPS) is 11.8. The second-order valence-corrected chi connectivity index (χ2v) is 4.86. The van der Waals surface area contributed by atoms with Crippen molar-refractivity contribution < 1.29 is 4.74 Å². The van der Waals surface area contributed by atoms with Crippen LogP contribution in [0.2, 0.25) is 0 Å². The van der Waals surface area contributed by atoms with E-state index in [-0.39, 0.29) is 6.04 Å². The first kappa shape index (κ1) is 15.1. The lowest BCUT2D eigenvalue weighted by Crippen LogP contribution is -2.10. The maximum Gasteiger partial charge on any atom is 0.147 e. The van der Waals surface area contributed by atoms with Crippen LogP contribution in [-0.4, -0.2) is 23.6 Å². The lowest BCUT2D eigenvalue weighted by molar-refractivity contribution is 0.414. The molecule has 112 valence electrons. The average molecular weight is 286 g/mol. The molecule has 0 spiro atoms. The minimum absolute atomic E-state index is 0.145. The summed E-state index contributed by atoms with van der Waals surface area (Å²) in [6.07, 6.45) is 4.53. The maximum atomic E-state index is 5.17. The Morgan fingerprint density at radius 2 is 1.86 bits per heavy atom. The number of aromatic nitrogens is 2. The predicted octanol–water partition coefficient (Wildman–Crippen LogP) is 3.48. The Bertz CT molecular complexity index is 556. The van der Waals surface area contributed by atoms with Gasteiger partial charge in [0.1, 0.15) is 17.4 Å². The Balaban J connectivity index is 2.02. The topological polar surface area (TPSA) is 59.1 Å². The van der Waals surface area contributed by atoms with Gasteiger partial charge in [-0.05, 0) is 31.0 Å². The number of anilines is 2. The van der Waals surface area contributed by atoms with Crippen molar-refractivity contribution in [2.75, 3.05) is 24.3 Å². The molecule has 21 heavy (non-hydrogen) atoms. The molecule has 0 amide bonds. The molecule has 2 N–H and O–H groups in total. The Hall–Kier alpha value is -2.30. The zero-order chi connectivity index (χ0) is 15.1. The van der Waals surface area contributed by atoms with Gasteiger partial charge >= 0.3 is 0 Å². The van der Waals surface area contributed by atoms with E-state index in [9.17, 15) is 0 Å². The summed E-state index contributed by atoms with van der Waals surface area (Å²) in [7, 11) is 1.67. The quantitative estimate of drug-likeness (QED) is 0.816. The summed E-state index contributed by atoms with van der Waals surface area (Å²) in [4.78, 5) is 8.70. The molecule has 0 fully saturated rings. The fourth-order valence-electron chi connectivity index (χ4n) is 1.97. The van der Waals surface area contributed by atoms with E-state index in [0.29, 0.717) is 0 Å². The summed E-state index contributed by atoms with van der Waals surface area (Å²) in [5.74, 6) is 2.42. The minimum atomic E-state index is 0.145. The van der Waals surface area contributed by atoms with E-state index in [2.05, 4.69) is 34.4 Å². The Kier molecular flexibility index (Phi) is 5.37. The van der Waals surface area contributed by atoms with Crippen LogP contribution in [0.25, 0.3) is 0 Å². The van der Waals surface area contributed by atoms with Crippen LogP contribution in [0.15, 0.2) is 36.7 Å². The summed E-state index contributed by atoms with van der Waals surface area (Å²) in [6.45, 7) is 5.11. The van der Waals surface area contributed by atoms with E-state index in [1.54, 1.807) is 19.5 Å². The molecule has 0 aliphatic rings. The van der Waals surface area contributed by atoms with Crippen LogP contribution < -0.4 is 15.4 Å². The number of hydrogen-bond donors (Lipinski definition) is 2. The standard InChI is InChI=1S/C16H22N4O/c1-4-9-18-15-10-17-11-16(20-15)19-12(2)13-5-7-14(21-3)8-6-13/h5-8,10-12H,4,9H2,1-3H3,(H2,18,19,20). The molecule has 1 atom stereocenters. The Morgan fingerprint density at radius 1 is 1.14 bits per heavy atom. The van der Waals surface area contributed by atoms with Crippen LogP contribution >= 0.6 is 0 Å². The molecular weight excluding hydrogens is 264 g/mol. The van der Waals surface area contributed by atoms with Crippen molar-refractivity contribution in [1.82, 2.24) is 9.97 Å². The summed E-state index contributed by atoms with van der Waals surface area (Å²) in [5, 5.41) is 6.59. The number of nitrogens with zero attached hydrogens (tertiary/aromatic N) is 2. The monoisotopic (exact) mass is 286 g/mol. The zero-order valence-corrected chi connectivity index (χ0v) is 12.8. The predicted molar refractivity (Wildman–Crippen MR) is 85.8 cm³/mol. The zero-order valence-electron chi connectivity index (χ0n) is 12.8. The number of hydrogen-bond acceptors (Lipinski definition) is 5. The first-order chi connectivity index (χ1) is 10.2. The van der Waals surface area contributed by atoms with E-state index in [1.807, 2.05) is 24.3 Å². The molecule has 1 heterocycles. The molecule has 1 unspecified atom stereocenters. The van der Waals surface area contributed by atoms with Gasteiger partial charge in [-0.25, -0.2) is 4.98 Å². The van der Waals surface area contributed by atoms with Crippen LogP contribution in [0, 0.1) is 0 Å². The van der Waals surface area contributed by atoms with Gasteiger partial charge in [0.15, 0.2) is 0 Å². The van der Waals surface area contributed by atoms with Crippen molar-refractivity contribution in [2.45, 2.75) is 26.3 Å². The van der Waals surface area contributed by atoms with Gasteiger partial charge in [-0.3, -0.25) is 4.98 Å². The van der Waals surface area contributed by atoms with Gasteiger partial charge < -0.3 is 15.4 Å². The van der Waals surface area contributed by atoms with Gasteiger partial charge in [0, 0.05) is 12.6 Å². The van der Waals surface area contributed by atoms with Gasteiger partial charge in [0.25, 0.3) is 0 Å². The van der Waals surface area contributed by atoms with E-state index >= 15 is 0 Å². The molecule has 0 aliphatic heterocycles. The maximum absolute atomic E-state index is 5.17. The van der Waals surface area contributed by atoms with Crippen molar-refractivity contribution >= 4 is 11.6 Å². The third-order valence-corrected chi connectivity index (χ3v) is 3.17. The smallest absolute Gasteiger partial charge is 0.147 e. The summed E-state index contributed by atoms with van der Waals surface area (Å²) in [5.41, 5.74) is 1.17. The van der Waals surface area contributed by atoms with Crippen molar-refractivity contribution in [1.29, 1.82) is 0 Å². The van der Waals surface area contributed by atoms with Crippen LogP contribution in [0.4, 0.5) is 11.6 Å². The van der Waals surface area contributed by atoms with Gasteiger partial charge in [-0.2, -0.15) is 0 Å².